The third-order valence-electron chi connectivity index (χ3n) is 14.2. The average Bonchev–Trinajstić information content (AvgIpc) is 3.98. The van der Waals surface area contributed by atoms with Crippen LogP contribution in [0.5, 0.6) is 0 Å². The normalized spacial score (nSPS) is 18.6. The quantitative estimate of drug-likeness (QED) is 0.153. The smallest absolute Gasteiger partial charge is 0.194 e. The highest BCUT2D eigenvalue weighted by Crippen LogP contribution is 2.68. The number of fused-ring (bicyclic) bond motifs is 20. The number of allylic oxidation sites excluding steroid dienone is 2. The molecule has 8 aromatic carbocycles. The van der Waals surface area contributed by atoms with Crippen molar-refractivity contribution in [2.24, 2.45) is 0 Å². The predicted octanol–water partition coefficient (Wildman–Crippen LogP) is 14.2. The summed E-state index contributed by atoms with van der Waals surface area (Å²) in [5, 5.41) is 0. The second-order valence-corrected chi connectivity index (χ2v) is 16.8. The first-order valence-corrected chi connectivity index (χ1v) is 20.3. The van der Waals surface area contributed by atoms with Gasteiger partial charge in [0, 0.05) is 11.1 Å². The van der Waals surface area contributed by atoms with Gasteiger partial charge in [0.25, 0.3) is 0 Å². The van der Waals surface area contributed by atoms with Gasteiger partial charge in [-0.05, 0) is 112 Å². The Labute approximate surface area is 347 Å². The Morgan fingerprint density at radius 3 is 0.738 bits per heavy atom. The van der Waals surface area contributed by atoms with E-state index >= 15 is 26.3 Å². The highest BCUT2D eigenvalue weighted by molar-refractivity contribution is 6.04. The van der Waals surface area contributed by atoms with E-state index in [1.807, 2.05) is 146 Å². The molecule has 0 radical (unpaired) electrons. The van der Waals surface area contributed by atoms with Gasteiger partial charge < -0.3 is 0 Å². The van der Waals surface area contributed by atoms with Crippen molar-refractivity contribution in [3.63, 3.8) is 0 Å². The Bertz CT molecular complexity index is 2970. The van der Waals surface area contributed by atoms with Crippen LogP contribution in [0.3, 0.4) is 0 Å². The summed E-state index contributed by atoms with van der Waals surface area (Å²) in [6.07, 6.45) is 0. The summed E-state index contributed by atoms with van der Waals surface area (Å²) in [7, 11) is 0. The van der Waals surface area contributed by atoms with E-state index in [9.17, 15) is 0 Å². The standard InChI is InChI=1S/C55H30F6/c56-53(57)49(31-25-27-39-37-17-5-11-23-45(37)51(47(39)29-31)41-19-7-1-13-33(41)34-14-2-8-20-42(34)51)50(54(58,59)55(53,60)61)32-26-28-40-38-18-6-12-24-46(38)52(48(40)30-32)43-21-9-3-15-35(43)36-16-4-10-22-44(36)52/h1-30H. The molecule has 0 atom stereocenters. The minimum atomic E-state index is -5.73. The molecule has 6 heteroatoms. The molecule has 8 aromatic rings. The van der Waals surface area contributed by atoms with Gasteiger partial charge in [0.05, 0.1) is 10.8 Å². The van der Waals surface area contributed by atoms with Crippen LogP contribution in [-0.4, -0.2) is 17.8 Å². The van der Waals surface area contributed by atoms with Crippen LogP contribution in [-0.2, 0) is 10.8 Å². The summed E-state index contributed by atoms with van der Waals surface area (Å²) in [5.74, 6) is -16.2. The van der Waals surface area contributed by atoms with Crippen molar-refractivity contribution in [2.45, 2.75) is 28.6 Å². The molecule has 0 aliphatic heterocycles. The van der Waals surface area contributed by atoms with Crippen LogP contribution in [0.2, 0.25) is 0 Å². The lowest BCUT2D eigenvalue weighted by molar-refractivity contribution is -0.254. The fraction of sp³-hybridized carbons (Fsp3) is 0.0909. The molecule has 0 fully saturated rings. The molecule has 5 aliphatic rings. The SMILES string of the molecule is FC1(F)C(c2ccc3c(c2)C2(c4ccccc4-c4ccccc42)c2ccccc2-3)=C(c2ccc3c(c2)C2(c4ccccc4-c4ccccc42)c2ccccc2-3)C(F)(F)C1(F)F. The van der Waals surface area contributed by atoms with Gasteiger partial charge >= 0.3 is 17.8 Å². The Hall–Kier alpha value is -6.92. The molecule has 0 saturated heterocycles. The van der Waals surface area contributed by atoms with Gasteiger partial charge in [0.15, 0.2) is 0 Å². The van der Waals surface area contributed by atoms with Crippen molar-refractivity contribution in [2.75, 3.05) is 0 Å². The summed E-state index contributed by atoms with van der Waals surface area (Å²) in [4.78, 5) is 0. The third-order valence-corrected chi connectivity index (χ3v) is 14.2. The first-order chi connectivity index (χ1) is 29.6. The van der Waals surface area contributed by atoms with Crippen molar-refractivity contribution in [3.8, 4) is 44.5 Å². The molecule has 2 spiro atoms. The monoisotopic (exact) mass is 804 g/mol. The molecule has 0 amide bonds. The minimum absolute atomic E-state index is 0.375. The molecule has 0 unspecified atom stereocenters. The topological polar surface area (TPSA) is 0 Å². The molecule has 5 aliphatic carbocycles. The Kier molecular flexibility index (Phi) is 6.44. The molecule has 61 heavy (non-hydrogen) atoms. The number of halogens is 6. The second-order valence-electron chi connectivity index (χ2n) is 16.8. The Morgan fingerprint density at radius 2 is 0.475 bits per heavy atom. The Morgan fingerprint density at radius 1 is 0.246 bits per heavy atom. The summed E-state index contributed by atoms with van der Waals surface area (Å²) in [5.41, 5.74) is 8.08. The lowest BCUT2D eigenvalue weighted by Gasteiger charge is -2.31. The zero-order chi connectivity index (χ0) is 41.3. The van der Waals surface area contributed by atoms with Crippen molar-refractivity contribution >= 4 is 11.1 Å². The van der Waals surface area contributed by atoms with Crippen molar-refractivity contribution < 1.29 is 26.3 Å². The maximum atomic E-state index is 16.9. The average molecular weight is 805 g/mol. The van der Waals surface area contributed by atoms with Crippen LogP contribution >= 0.6 is 0 Å². The molecule has 0 saturated carbocycles. The molecule has 292 valence electrons. The van der Waals surface area contributed by atoms with E-state index in [4.69, 9.17) is 0 Å². The lowest BCUT2D eigenvalue weighted by atomic mass is 9.70. The highest BCUT2D eigenvalue weighted by Gasteiger charge is 2.80. The number of benzene rings is 8. The number of alkyl halides is 6. The van der Waals surface area contributed by atoms with Gasteiger partial charge in [0.1, 0.15) is 0 Å². The van der Waals surface area contributed by atoms with Crippen molar-refractivity contribution in [1.29, 1.82) is 0 Å². The largest absolute Gasteiger partial charge is 0.380 e. The van der Waals surface area contributed by atoms with E-state index in [1.54, 1.807) is 12.1 Å². The number of rotatable bonds is 2. The first-order valence-electron chi connectivity index (χ1n) is 20.3. The van der Waals surface area contributed by atoms with Crippen LogP contribution in [0.15, 0.2) is 182 Å². The third kappa shape index (κ3) is 3.79. The first kappa shape index (κ1) is 34.9. The molecule has 13 rings (SSSR count). The molecule has 0 N–H and O–H groups in total. The molecular weight excluding hydrogens is 775 g/mol. The summed E-state index contributed by atoms with van der Waals surface area (Å²) in [6.45, 7) is 0. The molecular formula is C55H30F6. The van der Waals surface area contributed by atoms with Crippen LogP contribution in [0, 0.1) is 0 Å². The van der Waals surface area contributed by atoms with E-state index in [0.717, 1.165) is 77.9 Å². The van der Waals surface area contributed by atoms with E-state index < -0.39 is 39.7 Å². The van der Waals surface area contributed by atoms with Gasteiger partial charge in [0.2, 0.25) is 0 Å². The van der Waals surface area contributed by atoms with Gasteiger partial charge in [-0.15, -0.1) is 0 Å². The predicted molar refractivity (Wildman–Crippen MR) is 227 cm³/mol. The summed E-state index contributed by atoms with van der Waals surface area (Å²) < 4.78 is 99.8. The van der Waals surface area contributed by atoms with E-state index in [0.29, 0.717) is 11.1 Å². The van der Waals surface area contributed by atoms with Gasteiger partial charge in [-0.1, -0.05) is 170 Å². The van der Waals surface area contributed by atoms with E-state index in [1.165, 1.54) is 24.3 Å². The minimum Gasteiger partial charge on any atom is -0.194 e. The maximum absolute atomic E-state index is 16.9. The maximum Gasteiger partial charge on any atom is 0.380 e. The molecule has 0 heterocycles. The van der Waals surface area contributed by atoms with Crippen LogP contribution in [0.25, 0.3) is 55.7 Å². The van der Waals surface area contributed by atoms with Crippen molar-refractivity contribution in [3.05, 3.63) is 238 Å². The Balaban J connectivity index is 1.11. The highest BCUT2D eigenvalue weighted by atomic mass is 19.3. The van der Waals surface area contributed by atoms with Crippen LogP contribution < -0.4 is 0 Å². The molecule has 0 nitrogen and oxygen atoms in total. The lowest BCUT2D eigenvalue weighted by Crippen LogP contribution is -2.48. The molecule has 0 bridgehead atoms. The fourth-order valence-electron chi connectivity index (χ4n) is 12.0. The van der Waals surface area contributed by atoms with Gasteiger partial charge in [-0.3, -0.25) is 0 Å². The van der Waals surface area contributed by atoms with Gasteiger partial charge in [-0.25, -0.2) is 0 Å². The fourth-order valence-corrected chi connectivity index (χ4v) is 12.0. The summed E-state index contributed by atoms with van der Waals surface area (Å²) in [6, 6.07) is 55.9. The van der Waals surface area contributed by atoms with Crippen LogP contribution in [0.4, 0.5) is 26.3 Å². The van der Waals surface area contributed by atoms with Crippen molar-refractivity contribution in [1.82, 2.24) is 0 Å². The summed E-state index contributed by atoms with van der Waals surface area (Å²) >= 11 is 0. The van der Waals surface area contributed by atoms with E-state index in [2.05, 4.69) is 0 Å². The number of hydrogen-bond acceptors (Lipinski definition) is 0. The second kappa shape index (κ2) is 11.3. The zero-order valence-electron chi connectivity index (χ0n) is 32.1. The zero-order valence-corrected chi connectivity index (χ0v) is 32.1. The van der Waals surface area contributed by atoms with E-state index in [-0.39, 0.29) is 11.1 Å². The van der Waals surface area contributed by atoms with Gasteiger partial charge in [-0.2, -0.15) is 26.3 Å². The molecule has 0 aromatic heterocycles. The number of hydrogen-bond donors (Lipinski definition) is 0. The van der Waals surface area contributed by atoms with Crippen LogP contribution in [0.1, 0.15) is 55.6 Å².